The van der Waals surface area contributed by atoms with Gasteiger partial charge >= 0.3 is 0 Å². The van der Waals surface area contributed by atoms with E-state index in [4.69, 9.17) is 0 Å². The zero-order valence-electron chi connectivity index (χ0n) is 8.40. The van der Waals surface area contributed by atoms with E-state index in [9.17, 15) is 0 Å². The minimum Gasteiger partial charge on any atom is -0.217 e. The molecule has 4 nitrogen and oxygen atoms in total. The Kier molecular flexibility index (Phi) is 2.51. The van der Waals surface area contributed by atoms with Crippen LogP contribution in [0.5, 0.6) is 0 Å². The highest BCUT2D eigenvalue weighted by molar-refractivity contribution is 9.09. The van der Waals surface area contributed by atoms with E-state index in [2.05, 4.69) is 31.5 Å². The van der Waals surface area contributed by atoms with Crippen molar-refractivity contribution >= 4 is 27.7 Å². The first kappa shape index (κ1) is 10.1. The van der Waals surface area contributed by atoms with Gasteiger partial charge in [-0.1, -0.05) is 27.7 Å². The van der Waals surface area contributed by atoms with Crippen molar-refractivity contribution in [2.24, 2.45) is 5.41 Å². The Labute approximate surface area is 101 Å². The van der Waals surface area contributed by atoms with Crippen LogP contribution in [0, 0.1) is 5.41 Å². The van der Waals surface area contributed by atoms with Crippen LogP contribution in [0.2, 0.25) is 0 Å². The first-order chi connectivity index (χ1) is 7.33. The van der Waals surface area contributed by atoms with E-state index in [-0.39, 0.29) is 0 Å². The topological polar surface area (TPSA) is 43.6 Å². The molecule has 0 radical (unpaired) electrons. The average Bonchev–Trinajstić information content (AvgIpc) is 3.17. The summed E-state index contributed by atoms with van der Waals surface area (Å²) in [6.45, 7) is 0. The fourth-order valence-electron chi connectivity index (χ4n) is 1.54. The Hall–Kier alpha value is -0.100. The highest BCUT2D eigenvalue weighted by atomic mass is 79.9. The van der Waals surface area contributed by atoms with Crippen LogP contribution in [-0.2, 0) is 0 Å². The van der Waals surface area contributed by atoms with E-state index < -0.39 is 0 Å². The van der Waals surface area contributed by atoms with Crippen molar-refractivity contribution in [3.05, 3.63) is 0 Å². The maximum Gasteiger partial charge on any atom is 0.209 e. The van der Waals surface area contributed by atoms with Crippen LogP contribution in [0.4, 0.5) is 0 Å². The van der Waals surface area contributed by atoms with Crippen molar-refractivity contribution in [1.29, 1.82) is 0 Å². The Morgan fingerprint density at radius 3 is 2.87 bits per heavy atom. The third-order valence-electron chi connectivity index (χ3n) is 3.10. The molecule has 6 heteroatoms. The molecule has 2 aliphatic rings. The fourth-order valence-corrected chi connectivity index (χ4v) is 3.80. The Morgan fingerprint density at radius 1 is 1.47 bits per heavy atom. The predicted molar refractivity (Wildman–Crippen MR) is 62.3 cm³/mol. The van der Waals surface area contributed by atoms with E-state index in [1.54, 1.807) is 0 Å². The van der Waals surface area contributed by atoms with E-state index in [0.717, 1.165) is 16.2 Å². The molecule has 0 amide bonds. The molecule has 2 aliphatic carbocycles. The van der Waals surface area contributed by atoms with Crippen LogP contribution in [0.3, 0.4) is 0 Å². The van der Waals surface area contributed by atoms with Crippen LogP contribution in [0.1, 0.15) is 31.7 Å². The number of alkyl halides is 1. The fraction of sp³-hybridized carbons (Fsp3) is 0.889. The predicted octanol–water partition coefficient (Wildman–Crippen LogP) is 2.28. The molecule has 1 heterocycles. The third kappa shape index (κ3) is 2.06. The highest BCUT2D eigenvalue weighted by Crippen LogP contribution is 2.50. The minimum absolute atomic E-state index is 0.533. The molecule has 0 aromatic carbocycles. The zero-order chi connectivity index (χ0) is 10.3. The van der Waals surface area contributed by atoms with Gasteiger partial charge in [0.1, 0.15) is 0 Å². The van der Waals surface area contributed by atoms with Crippen molar-refractivity contribution in [1.82, 2.24) is 20.2 Å². The summed E-state index contributed by atoms with van der Waals surface area (Å²) in [5.41, 5.74) is 0.533. The molecule has 3 rings (SSSR count). The maximum atomic E-state index is 4.09. The lowest BCUT2D eigenvalue weighted by atomic mass is 10.2. The van der Waals surface area contributed by atoms with Crippen molar-refractivity contribution in [3.63, 3.8) is 0 Å². The molecule has 2 fully saturated rings. The second-order valence-corrected chi connectivity index (χ2v) is 6.06. The first-order valence-electron chi connectivity index (χ1n) is 5.30. The average molecular weight is 289 g/mol. The number of hydrogen-bond acceptors (Lipinski definition) is 4. The molecule has 0 bridgehead atoms. The molecule has 0 saturated heterocycles. The van der Waals surface area contributed by atoms with Gasteiger partial charge < -0.3 is 0 Å². The lowest BCUT2D eigenvalue weighted by Gasteiger charge is -2.09. The smallest absolute Gasteiger partial charge is 0.209 e. The Morgan fingerprint density at radius 2 is 2.27 bits per heavy atom. The number of rotatable bonds is 5. The second kappa shape index (κ2) is 3.73. The number of hydrogen-bond donors (Lipinski definition) is 0. The Bertz CT molecular complexity index is 359. The van der Waals surface area contributed by atoms with Gasteiger partial charge in [-0.05, 0) is 41.5 Å². The summed E-state index contributed by atoms with van der Waals surface area (Å²) in [7, 11) is 0. The van der Waals surface area contributed by atoms with Crippen LogP contribution >= 0.6 is 27.7 Å². The number of aromatic nitrogens is 4. The number of thioether (sulfide) groups is 1. The second-order valence-electron chi connectivity index (χ2n) is 4.56. The van der Waals surface area contributed by atoms with Crippen molar-refractivity contribution < 1.29 is 0 Å². The van der Waals surface area contributed by atoms with Crippen LogP contribution in [0.15, 0.2) is 5.16 Å². The molecule has 82 valence electrons. The summed E-state index contributed by atoms with van der Waals surface area (Å²) in [5, 5.41) is 14.0. The van der Waals surface area contributed by atoms with Gasteiger partial charge in [-0.25, -0.2) is 4.68 Å². The van der Waals surface area contributed by atoms with Crippen LogP contribution in [0.25, 0.3) is 0 Å². The maximum absolute atomic E-state index is 4.09. The Balaban J connectivity index is 1.64. The molecule has 1 aromatic heterocycles. The molecule has 2 saturated carbocycles. The largest absolute Gasteiger partial charge is 0.217 e. The molecule has 15 heavy (non-hydrogen) atoms. The van der Waals surface area contributed by atoms with Crippen LogP contribution in [-0.4, -0.2) is 31.3 Å². The van der Waals surface area contributed by atoms with Gasteiger partial charge in [-0.2, -0.15) is 0 Å². The van der Waals surface area contributed by atoms with E-state index in [0.29, 0.717) is 11.5 Å². The standard InChI is InChI=1S/C9H13BrN4S/c10-5-9(3-4-9)6-15-8-11-12-13-14(8)7-1-2-7/h7H,1-6H2. The summed E-state index contributed by atoms with van der Waals surface area (Å²) >= 11 is 5.40. The van der Waals surface area contributed by atoms with Gasteiger partial charge in [0.2, 0.25) is 5.16 Å². The molecule has 0 N–H and O–H groups in total. The summed E-state index contributed by atoms with van der Waals surface area (Å²) in [5.74, 6) is 1.14. The van der Waals surface area contributed by atoms with Gasteiger partial charge in [0.05, 0.1) is 6.04 Å². The van der Waals surface area contributed by atoms with E-state index >= 15 is 0 Å². The zero-order valence-corrected chi connectivity index (χ0v) is 10.8. The lowest BCUT2D eigenvalue weighted by molar-refractivity contribution is 0.564. The number of tetrazole rings is 1. The SMILES string of the molecule is BrCC1(CSc2nnnn2C2CC2)CC1. The summed E-state index contributed by atoms with van der Waals surface area (Å²) in [4.78, 5) is 0. The monoisotopic (exact) mass is 288 g/mol. The van der Waals surface area contributed by atoms with Crippen molar-refractivity contribution in [2.45, 2.75) is 36.9 Å². The van der Waals surface area contributed by atoms with Crippen molar-refractivity contribution in [3.8, 4) is 0 Å². The number of nitrogens with zero attached hydrogens (tertiary/aromatic N) is 4. The molecule has 1 aromatic rings. The molecule has 0 unspecified atom stereocenters. The molecule has 0 spiro atoms. The minimum atomic E-state index is 0.533. The normalized spacial score (nSPS) is 23.0. The van der Waals surface area contributed by atoms with Gasteiger partial charge in [0.15, 0.2) is 0 Å². The van der Waals surface area contributed by atoms with Crippen molar-refractivity contribution in [2.75, 3.05) is 11.1 Å². The lowest BCUT2D eigenvalue weighted by Crippen LogP contribution is -2.07. The van der Waals surface area contributed by atoms with Gasteiger partial charge in [0, 0.05) is 11.1 Å². The third-order valence-corrected chi connectivity index (χ3v) is 5.58. The molecular formula is C9H13BrN4S. The molecule has 0 aliphatic heterocycles. The molecule has 0 atom stereocenters. The van der Waals surface area contributed by atoms with E-state index in [1.807, 2.05) is 16.4 Å². The summed E-state index contributed by atoms with van der Waals surface area (Å²) in [6, 6.07) is 0.585. The summed E-state index contributed by atoms with van der Waals surface area (Å²) in [6.07, 6.45) is 5.16. The van der Waals surface area contributed by atoms with E-state index in [1.165, 1.54) is 25.7 Å². The van der Waals surface area contributed by atoms with Gasteiger partial charge in [-0.15, -0.1) is 5.10 Å². The summed E-state index contributed by atoms with van der Waals surface area (Å²) < 4.78 is 2.00. The molecular weight excluding hydrogens is 276 g/mol. The van der Waals surface area contributed by atoms with Gasteiger partial charge in [0.25, 0.3) is 0 Å². The quantitative estimate of drug-likeness (QED) is 0.616. The van der Waals surface area contributed by atoms with Gasteiger partial charge in [-0.3, -0.25) is 0 Å². The highest BCUT2D eigenvalue weighted by Gasteiger charge is 2.42. The number of halogens is 1. The van der Waals surface area contributed by atoms with Crippen LogP contribution < -0.4 is 0 Å². The first-order valence-corrected chi connectivity index (χ1v) is 7.40.